The Kier molecular flexibility index (Phi) is 5.13. The maximum atomic E-state index is 14.3. The number of carbonyl (C=O) groups excluding carboxylic acids is 2. The summed E-state index contributed by atoms with van der Waals surface area (Å²) in [6, 6.07) is 1.40. The minimum absolute atomic E-state index is 0.305. The lowest BCUT2D eigenvalue weighted by Gasteiger charge is -2.32. The van der Waals surface area contributed by atoms with Crippen LogP contribution >= 0.6 is 0 Å². The fourth-order valence-corrected chi connectivity index (χ4v) is 3.39. The Labute approximate surface area is 161 Å². The molecule has 11 heteroatoms. The first kappa shape index (κ1) is 20.4. The van der Waals surface area contributed by atoms with E-state index in [9.17, 15) is 31.9 Å². The molecule has 2 amide bonds. The number of carboxylic acids is 1. The van der Waals surface area contributed by atoms with Crippen LogP contribution in [0, 0.1) is 30.0 Å². The fraction of sp³-hybridized carbons (Fsp3) is 0.389. The number of carbonyl (C=O) groups is 3. The maximum absolute atomic E-state index is 14.3. The third-order valence-electron chi connectivity index (χ3n) is 4.74. The highest BCUT2D eigenvalue weighted by molar-refractivity contribution is 6.03. The van der Waals surface area contributed by atoms with Crippen LogP contribution in [-0.4, -0.2) is 41.7 Å². The number of ether oxygens (including phenoxy) is 1. The predicted molar refractivity (Wildman–Crippen MR) is 90.5 cm³/mol. The van der Waals surface area contributed by atoms with Gasteiger partial charge in [-0.1, -0.05) is 5.92 Å². The minimum Gasteiger partial charge on any atom is -0.481 e. The number of anilines is 2. The highest BCUT2D eigenvalue weighted by Gasteiger charge is 2.51. The van der Waals surface area contributed by atoms with E-state index in [-0.39, 0.29) is 18.5 Å². The predicted octanol–water partition coefficient (Wildman–Crippen LogP) is 2.16. The Balaban J connectivity index is 1.92. The molecule has 0 radical (unpaired) electrons. The molecule has 154 valence electrons. The van der Waals surface area contributed by atoms with E-state index in [2.05, 4.69) is 10.1 Å². The molecule has 3 atom stereocenters. The zero-order valence-electron chi connectivity index (χ0n) is 14.6. The van der Waals surface area contributed by atoms with Gasteiger partial charge in [-0.25, -0.2) is 8.78 Å². The molecule has 1 aromatic rings. The van der Waals surface area contributed by atoms with Crippen molar-refractivity contribution in [1.82, 2.24) is 0 Å². The van der Waals surface area contributed by atoms with Gasteiger partial charge in [-0.15, -0.1) is 6.42 Å². The number of carboxylic acid groups (broad SMARTS) is 1. The summed E-state index contributed by atoms with van der Waals surface area (Å²) in [5.41, 5.74) is -0.830. The van der Waals surface area contributed by atoms with E-state index >= 15 is 0 Å². The number of benzene rings is 1. The van der Waals surface area contributed by atoms with Gasteiger partial charge < -0.3 is 15.2 Å². The van der Waals surface area contributed by atoms with Crippen molar-refractivity contribution in [3.63, 3.8) is 0 Å². The molecule has 1 saturated carbocycles. The van der Waals surface area contributed by atoms with Crippen molar-refractivity contribution < 1.29 is 41.8 Å². The first-order chi connectivity index (χ1) is 13.5. The quantitative estimate of drug-likeness (QED) is 0.582. The van der Waals surface area contributed by atoms with Crippen molar-refractivity contribution in [2.24, 2.45) is 11.8 Å². The molecule has 3 unspecified atom stereocenters. The van der Waals surface area contributed by atoms with Crippen LogP contribution < -0.4 is 15.0 Å². The Morgan fingerprint density at radius 2 is 2.00 bits per heavy atom. The average molecular weight is 414 g/mol. The minimum atomic E-state index is -4.25. The van der Waals surface area contributed by atoms with Gasteiger partial charge in [-0.2, -0.15) is 8.78 Å². The number of aliphatic carboxylic acids is 1. The van der Waals surface area contributed by atoms with Gasteiger partial charge in [0.05, 0.1) is 29.8 Å². The molecule has 3 rings (SSSR count). The molecule has 2 aliphatic rings. The highest BCUT2D eigenvalue weighted by Crippen LogP contribution is 2.42. The van der Waals surface area contributed by atoms with Gasteiger partial charge in [0.2, 0.25) is 5.91 Å². The van der Waals surface area contributed by atoms with Crippen LogP contribution in [0.25, 0.3) is 0 Å². The normalized spacial score (nSPS) is 25.0. The number of nitrogens with zero attached hydrogens (tertiary/aromatic N) is 1. The Morgan fingerprint density at radius 1 is 1.34 bits per heavy atom. The van der Waals surface area contributed by atoms with Crippen LogP contribution in [0.15, 0.2) is 12.1 Å². The number of alkyl halides is 3. The molecule has 0 bridgehead atoms. The lowest BCUT2D eigenvalue weighted by Crippen LogP contribution is -2.51. The number of terminal acetylenes is 1. The maximum Gasteiger partial charge on any atom is 0.483 e. The van der Waals surface area contributed by atoms with Gasteiger partial charge >= 0.3 is 18.0 Å². The van der Waals surface area contributed by atoms with Gasteiger partial charge in [-0.05, 0) is 18.9 Å². The second kappa shape index (κ2) is 7.27. The SMILES string of the molecule is C#CCN1C(=O)C(F)(F)Oc2cc(F)c(NC(=O)C3CC(F)CC3C(=O)O)cc21. The third-order valence-corrected chi connectivity index (χ3v) is 4.74. The number of hydrogen-bond donors (Lipinski definition) is 2. The van der Waals surface area contributed by atoms with E-state index in [1.54, 1.807) is 0 Å². The number of fused-ring (bicyclic) bond motifs is 1. The average Bonchev–Trinajstić information content (AvgIpc) is 3.02. The Morgan fingerprint density at radius 3 is 2.62 bits per heavy atom. The Bertz CT molecular complexity index is 930. The summed E-state index contributed by atoms with van der Waals surface area (Å²) in [6.45, 7) is -0.572. The van der Waals surface area contributed by atoms with Crippen LogP contribution in [0.2, 0.25) is 0 Å². The largest absolute Gasteiger partial charge is 0.483 e. The molecule has 1 heterocycles. The molecule has 0 saturated heterocycles. The van der Waals surface area contributed by atoms with E-state index in [0.717, 1.165) is 6.07 Å². The summed E-state index contributed by atoms with van der Waals surface area (Å²) in [5, 5.41) is 11.3. The molecule has 0 spiro atoms. The molecule has 1 aliphatic heterocycles. The van der Waals surface area contributed by atoms with Crippen LogP contribution in [0.3, 0.4) is 0 Å². The van der Waals surface area contributed by atoms with Gasteiger partial charge in [0.15, 0.2) is 11.6 Å². The molecule has 1 aromatic carbocycles. The van der Waals surface area contributed by atoms with Crippen molar-refractivity contribution in [3.05, 3.63) is 17.9 Å². The molecule has 0 aromatic heterocycles. The summed E-state index contributed by atoms with van der Waals surface area (Å²) in [4.78, 5) is 35.9. The summed E-state index contributed by atoms with van der Waals surface area (Å²) in [5.74, 6) is -6.45. The lowest BCUT2D eigenvalue weighted by atomic mass is 9.95. The molecule has 1 fully saturated rings. The van der Waals surface area contributed by atoms with Crippen molar-refractivity contribution in [1.29, 1.82) is 0 Å². The lowest BCUT2D eigenvalue weighted by molar-refractivity contribution is -0.192. The molecular formula is C18H14F4N2O5. The third kappa shape index (κ3) is 3.70. The second-order valence-electron chi connectivity index (χ2n) is 6.62. The topological polar surface area (TPSA) is 95.9 Å². The van der Waals surface area contributed by atoms with E-state index < -0.39 is 65.7 Å². The number of nitrogens with one attached hydrogen (secondary N) is 1. The van der Waals surface area contributed by atoms with E-state index in [1.807, 2.05) is 5.92 Å². The van der Waals surface area contributed by atoms with Crippen molar-refractivity contribution in [2.75, 3.05) is 16.8 Å². The zero-order chi connectivity index (χ0) is 21.5. The molecule has 2 N–H and O–H groups in total. The second-order valence-corrected chi connectivity index (χ2v) is 6.62. The Hall–Kier alpha value is -3.29. The number of hydrogen-bond acceptors (Lipinski definition) is 4. The van der Waals surface area contributed by atoms with E-state index in [1.165, 1.54) is 0 Å². The molecule has 29 heavy (non-hydrogen) atoms. The zero-order valence-corrected chi connectivity index (χ0v) is 14.6. The summed E-state index contributed by atoms with van der Waals surface area (Å²) in [6.07, 6.45) is -1.37. The van der Waals surface area contributed by atoms with Crippen molar-refractivity contribution in [3.8, 4) is 18.1 Å². The summed E-state index contributed by atoms with van der Waals surface area (Å²) < 4.78 is 59.5. The first-order valence-electron chi connectivity index (χ1n) is 8.38. The molecule has 7 nitrogen and oxygen atoms in total. The van der Waals surface area contributed by atoms with Crippen LogP contribution in [0.1, 0.15) is 12.8 Å². The molecule has 1 aliphatic carbocycles. The molecular weight excluding hydrogens is 400 g/mol. The standard InChI is InChI=1S/C18H14F4N2O5/c1-2-3-24-13-7-12(11(20)6-14(13)29-18(21,22)17(24)28)23-15(25)9-4-8(19)5-10(9)16(26)27/h1,6-10H,3-5H2,(H,23,25)(H,26,27). The van der Waals surface area contributed by atoms with Crippen molar-refractivity contribution >= 4 is 29.2 Å². The number of amides is 2. The summed E-state index contributed by atoms with van der Waals surface area (Å²) in [7, 11) is 0. The van der Waals surface area contributed by atoms with Crippen LogP contribution in [0.5, 0.6) is 5.75 Å². The number of rotatable bonds is 4. The van der Waals surface area contributed by atoms with E-state index in [4.69, 9.17) is 11.5 Å². The first-order valence-corrected chi connectivity index (χ1v) is 8.38. The van der Waals surface area contributed by atoms with Gasteiger partial charge in [0, 0.05) is 6.07 Å². The van der Waals surface area contributed by atoms with Gasteiger partial charge in [0.25, 0.3) is 0 Å². The number of halogens is 4. The fourth-order valence-electron chi connectivity index (χ4n) is 3.39. The summed E-state index contributed by atoms with van der Waals surface area (Å²) >= 11 is 0. The van der Waals surface area contributed by atoms with Gasteiger partial charge in [0.1, 0.15) is 6.17 Å². The monoisotopic (exact) mass is 414 g/mol. The van der Waals surface area contributed by atoms with E-state index in [0.29, 0.717) is 11.0 Å². The highest BCUT2D eigenvalue weighted by atomic mass is 19.3. The van der Waals surface area contributed by atoms with Crippen LogP contribution in [0.4, 0.5) is 28.9 Å². The van der Waals surface area contributed by atoms with Crippen LogP contribution in [-0.2, 0) is 14.4 Å². The smallest absolute Gasteiger partial charge is 0.481 e. The van der Waals surface area contributed by atoms with Crippen molar-refractivity contribution in [2.45, 2.75) is 25.1 Å². The van der Waals surface area contributed by atoms with Gasteiger partial charge in [-0.3, -0.25) is 19.3 Å².